The lowest BCUT2D eigenvalue weighted by Gasteiger charge is -2.08. The third-order valence-corrected chi connectivity index (χ3v) is 2.48. The number of benzene rings is 1. The normalized spacial score (nSPS) is 10.3. The zero-order valence-electron chi connectivity index (χ0n) is 8.45. The Kier molecular flexibility index (Phi) is 3.36. The van der Waals surface area contributed by atoms with Crippen LogP contribution in [0.4, 0.5) is 10.1 Å². The maximum atomic E-state index is 13.2. The van der Waals surface area contributed by atoms with Gasteiger partial charge < -0.3 is 10.5 Å². The number of anilines is 1. The first kappa shape index (κ1) is 12.0. The Morgan fingerprint density at radius 1 is 1.24 bits per heavy atom. The minimum Gasteiger partial charge on any atom is -0.456 e. The zero-order valence-corrected chi connectivity index (χ0v) is 9.97. The molecule has 0 saturated carbocycles. The molecule has 6 heteroatoms. The minimum absolute atomic E-state index is 0.0323. The van der Waals surface area contributed by atoms with Gasteiger partial charge in [-0.15, -0.1) is 0 Å². The fourth-order valence-electron chi connectivity index (χ4n) is 1.20. The maximum Gasteiger partial charge on any atom is 0.149 e. The summed E-state index contributed by atoms with van der Waals surface area (Å²) in [5, 5.41) is 0.492. The molecule has 3 nitrogen and oxygen atoms in total. The van der Waals surface area contributed by atoms with Crippen LogP contribution in [-0.4, -0.2) is 4.98 Å². The summed E-state index contributed by atoms with van der Waals surface area (Å²) >= 11 is 11.6. The Morgan fingerprint density at radius 2 is 2.00 bits per heavy atom. The molecule has 0 unspecified atom stereocenters. The second-order valence-corrected chi connectivity index (χ2v) is 4.01. The SMILES string of the molecule is Nc1cc(Cl)c(Oc2ccnc(Cl)c2)cc1F. The first-order valence-electron chi connectivity index (χ1n) is 4.60. The molecule has 0 fully saturated rings. The molecule has 0 aliphatic rings. The molecule has 2 N–H and O–H groups in total. The van der Waals surface area contributed by atoms with Gasteiger partial charge in [0.1, 0.15) is 22.5 Å². The van der Waals surface area contributed by atoms with Gasteiger partial charge in [0.15, 0.2) is 0 Å². The summed E-state index contributed by atoms with van der Waals surface area (Å²) < 4.78 is 18.6. The number of hydrogen-bond donors (Lipinski definition) is 1. The van der Waals surface area contributed by atoms with Crippen molar-refractivity contribution in [2.45, 2.75) is 0 Å². The van der Waals surface area contributed by atoms with Gasteiger partial charge in [0.2, 0.25) is 0 Å². The fraction of sp³-hybridized carbons (Fsp3) is 0. The molecule has 1 aromatic carbocycles. The van der Waals surface area contributed by atoms with Crippen LogP contribution in [0, 0.1) is 5.82 Å². The first-order valence-corrected chi connectivity index (χ1v) is 5.36. The molecule has 2 rings (SSSR count). The van der Waals surface area contributed by atoms with E-state index in [9.17, 15) is 4.39 Å². The van der Waals surface area contributed by atoms with E-state index in [2.05, 4.69) is 4.98 Å². The topological polar surface area (TPSA) is 48.1 Å². The molecule has 0 radical (unpaired) electrons. The molecule has 17 heavy (non-hydrogen) atoms. The van der Waals surface area contributed by atoms with Gasteiger partial charge >= 0.3 is 0 Å². The molecule has 0 spiro atoms. The number of halogens is 3. The van der Waals surface area contributed by atoms with Crippen molar-refractivity contribution < 1.29 is 9.13 Å². The third kappa shape index (κ3) is 2.78. The van der Waals surface area contributed by atoms with E-state index < -0.39 is 5.82 Å². The second kappa shape index (κ2) is 4.77. The summed E-state index contributed by atoms with van der Waals surface area (Å²) in [5.41, 5.74) is 5.33. The predicted octanol–water partition coefficient (Wildman–Crippen LogP) is 3.90. The van der Waals surface area contributed by atoms with Gasteiger partial charge in [-0.05, 0) is 12.1 Å². The monoisotopic (exact) mass is 272 g/mol. The smallest absolute Gasteiger partial charge is 0.149 e. The highest BCUT2D eigenvalue weighted by molar-refractivity contribution is 6.32. The Morgan fingerprint density at radius 3 is 2.71 bits per heavy atom. The molecule has 2 aromatic rings. The van der Waals surface area contributed by atoms with Gasteiger partial charge in [-0.1, -0.05) is 23.2 Å². The van der Waals surface area contributed by atoms with Gasteiger partial charge in [0.25, 0.3) is 0 Å². The Bertz CT molecular complexity index is 563. The summed E-state index contributed by atoms with van der Waals surface area (Å²) in [4.78, 5) is 3.79. The van der Waals surface area contributed by atoms with E-state index in [1.54, 1.807) is 6.07 Å². The number of ether oxygens (including phenoxy) is 1. The summed E-state index contributed by atoms with van der Waals surface area (Å²) in [6.07, 6.45) is 1.47. The molecule has 1 heterocycles. The molecule has 0 aliphatic heterocycles. The van der Waals surface area contributed by atoms with Crippen LogP contribution in [0.15, 0.2) is 30.5 Å². The largest absolute Gasteiger partial charge is 0.456 e. The highest BCUT2D eigenvalue weighted by atomic mass is 35.5. The Hall–Kier alpha value is -1.52. The lowest BCUT2D eigenvalue weighted by Crippen LogP contribution is -1.93. The Labute approximate surface area is 107 Å². The minimum atomic E-state index is -0.593. The van der Waals surface area contributed by atoms with Crippen molar-refractivity contribution in [2.75, 3.05) is 5.73 Å². The van der Waals surface area contributed by atoms with E-state index in [0.717, 1.165) is 6.07 Å². The maximum absolute atomic E-state index is 13.2. The lowest BCUT2D eigenvalue weighted by atomic mass is 10.3. The van der Waals surface area contributed by atoms with Crippen molar-refractivity contribution in [3.05, 3.63) is 46.5 Å². The molecule has 0 aliphatic carbocycles. The van der Waals surface area contributed by atoms with E-state index >= 15 is 0 Å². The van der Waals surface area contributed by atoms with E-state index in [4.69, 9.17) is 33.7 Å². The van der Waals surface area contributed by atoms with Crippen LogP contribution in [-0.2, 0) is 0 Å². The van der Waals surface area contributed by atoms with Crippen molar-refractivity contribution >= 4 is 28.9 Å². The fourth-order valence-corrected chi connectivity index (χ4v) is 1.57. The van der Waals surface area contributed by atoms with Crippen molar-refractivity contribution in [1.82, 2.24) is 4.98 Å². The van der Waals surface area contributed by atoms with Crippen LogP contribution >= 0.6 is 23.2 Å². The number of aromatic nitrogens is 1. The van der Waals surface area contributed by atoms with Crippen LogP contribution in [0.1, 0.15) is 0 Å². The average molecular weight is 273 g/mol. The van der Waals surface area contributed by atoms with E-state index in [1.165, 1.54) is 18.3 Å². The number of nitrogens with zero attached hydrogens (tertiary/aromatic N) is 1. The third-order valence-electron chi connectivity index (χ3n) is 1.98. The van der Waals surface area contributed by atoms with E-state index in [-0.39, 0.29) is 21.6 Å². The summed E-state index contributed by atoms with van der Waals surface area (Å²) in [5.74, 6) is -0.0127. The standard InChI is InChI=1S/C11H7Cl2FN2O/c12-7-4-9(15)8(14)5-10(7)17-6-1-2-16-11(13)3-6/h1-5H,15H2. The van der Waals surface area contributed by atoms with Crippen LogP contribution in [0.3, 0.4) is 0 Å². The molecule has 0 atom stereocenters. The Balaban J connectivity index is 2.33. The van der Waals surface area contributed by atoms with Crippen LogP contribution < -0.4 is 10.5 Å². The van der Waals surface area contributed by atoms with Gasteiger partial charge in [-0.25, -0.2) is 9.37 Å². The van der Waals surface area contributed by atoms with Crippen molar-refractivity contribution in [3.63, 3.8) is 0 Å². The molecule has 0 bridgehead atoms. The summed E-state index contributed by atoms with van der Waals surface area (Å²) in [6, 6.07) is 5.48. The number of nitrogen functional groups attached to an aromatic ring is 1. The highest BCUT2D eigenvalue weighted by Crippen LogP contribution is 2.32. The van der Waals surface area contributed by atoms with Gasteiger partial charge in [-0.2, -0.15) is 0 Å². The van der Waals surface area contributed by atoms with Crippen molar-refractivity contribution in [1.29, 1.82) is 0 Å². The molecule has 0 amide bonds. The molecule has 88 valence electrons. The number of hydrogen-bond acceptors (Lipinski definition) is 3. The van der Waals surface area contributed by atoms with Crippen LogP contribution in [0.5, 0.6) is 11.5 Å². The zero-order chi connectivity index (χ0) is 12.4. The first-order chi connectivity index (χ1) is 8.06. The second-order valence-electron chi connectivity index (χ2n) is 3.22. The summed E-state index contributed by atoms with van der Waals surface area (Å²) in [6.45, 7) is 0. The van der Waals surface area contributed by atoms with E-state index in [0.29, 0.717) is 5.75 Å². The van der Waals surface area contributed by atoms with E-state index in [1.807, 2.05) is 0 Å². The summed E-state index contributed by atoms with van der Waals surface area (Å²) in [7, 11) is 0. The number of nitrogens with two attached hydrogens (primary N) is 1. The van der Waals surface area contributed by atoms with Gasteiger partial charge in [0, 0.05) is 18.3 Å². The van der Waals surface area contributed by atoms with Gasteiger partial charge in [0.05, 0.1) is 10.7 Å². The number of pyridine rings is 1. The molecule has 0 saturated heterocycles. The lowest BCUT2D eigenvalue weighted by molar-refractivity contribution is 0.477. The average Bonchev–Trinajstić information content (AvgIpc) is 2.26. The quantitative estimate of drug-likeness (QED) is 0.666. The number of rotatable bonds is 2. The molecule has 1 aromatic heterocycles. The van der Waals surface area contributed by atoms with Crippen LogP contribution in [0.2, 0.25) is 10.2 Å². The van der Waals surface area contributed by atoms with Crippen molar-refractivity contribution in [2.24, 2.45) is 0 Å². The predicted molar refractivity (Wildman–Crippen MR) is 65.1 cm³/mol. The highest BCUT2D eigenvalue weighted by Gasteiger charge is 2.08. The molecular formula is C11H7Cl2FN2O. The van der Waals surface area contributed by atoms with Gasteiger partial charge in [-0.3, -0.25) is 0 Å². The van der Waals surface area contributed by atoms with Crippen molar-refractivity contribution in [3.8, 4) is 11.5 Å². The molecular weight excluding hydrogens is 266 g/mol. The van der Waals surface area contributed by atoms with Crippen LogP contribution in [0.25, 0.3) is 0 Å².